The summed E-state index contributed by atoms with van der Waals surface area (Å²) in [6, 6.07) is 0.470. The molecule has 1 heterocycles. The first-order valence-corrected chi connectivity index (χ1v) is 4.74. The summed E-state index contributed by atoms with van der Waals surface area (Å²) in [5, 5.41) is 3.04. The lowest BCUT2D eigenvalue weighted by molar-refractivity contribution is -0.126. The van der Waals surface area contributed by atoms with E-state index < -0.39 is 0 Å². The standard InChI is InChI=1S/C9H15NO2/c11-9(7-4-5-12-6-7)10-8-2-1-3-8/h7-8H,1-6H2,(H,10,11). The third-order valence-electron chi connectivity index (χ3n) is 2.75. The molecule has 3 heteroatoms. The van der Waals surface area contributed by atoms with Crippen molar-refractivity contribution in [2.75, 3.05) is 13.2 Å². The highest BCUT2D eigenvalue weighted by Gasteiger charge is 2.27. The first kappa shape index (κ1) is 8.05. The van der Waals surface area contributed by atoms with Gasteiger partial charge in [-0.25, -0.2) is 0 Å². The van der Waals surface area contributed by atoms with Crippen LogP contribution in [0.4, 0.5) is 0 Å². The topological polar surface area (TPSA) is 38.3 Å². The van der Waals surface area contributed by atoms with Crippen molar-refractivity contribution in [1.82, 2.24) is 5.32 Å². The highest BCUT2D eigenvalue weighted by atomic mass is 16.5. The Morgan fingerprint density at radius 2 is 2.17 bits per heavy atom. The molecule has 0 bridgehead atoms. The molecule has 2 rings (SSSR count). The van der Waals surface area contributed by atoms with Crippen LogP contribution in [0.2, 0.25) is 0 Å². The van der Waals surface area contributed by atoms with Crippen LogP contribution in [0.25, 0.3) is 0 Å². The predicted octanol–water partition coefficient (Wildman–Crippen LogP) is 0.692. The molecule has 0 spiro atoms. The monoisotopic (exact) mass is 169 g/mol. The number of hydrogen-bond acceptors (Lipinski definition) is 2. The van der Waals surface area contributed by atoms with Crippen molar-refractivity contribution in [1.29, 1.82) is 0 Å². The molecule has 0 radical (unpaired) electrons. The Morgan fingerprint density at radius 1 is 1.33 bits per heavy atom. The van der Waals surface area contributed by atoms with Gasteiger partial charge in [0.1, 0.15) is 0 Å². The van der Waals surface area contributed by atoms with Gasteiger partial charge in [-0.15, -0.1) is 0 Å². The Hall–Kier alpha value is -0.570. The summed E-state index contributed by atoms with van der Waals surface area (Å²) in [4.78, 5) is 11.5. The summed E-state index contributed by atoms with van der Waals surface area (Å²) in [6.45, 7) is 1.38. The number of hydrogen-bond donors (Lipinski definition) is 1. The van der Waals surface area contributed by atoms with Gasteiger partial charge >= 0.3 is 0 Å². The zero-order valence-corrected chi connectivity index (χ0v) is 7.21. The molecule has 1 aliphatic heterocycles. The van der Waals surface area contributed by atoms with Gasteiger partial charge in [0.2, 0.25) is 5.91 Å². The minimum absolute atomic E-state index is 0.130. The van der Waals surface area contributed by atoms with Gasteiger partial charge in [0, 0.05) is 12.6 Å². The number of amides is 1. The van der Waals surface area contributed by atoms with Crippen LogP contribution in [0.3, 0.4) is 0 Å². The number of nitrogens with one attached hydrogen (secondary N) is 1. The molecule has 2 fully saturated rings. The minimum Gasteiger partial charge on any atom is -0.381 e. The zero-order chi connectivity index (χ0) is 8.39. The highest BCUT2D eigenvalue weighted by Crippen LogP contribution is 2.20. The summed E-state index contributed by atoms with van der Waals surface area (Å²) < 4.78 is 5.15. The number of ether oxygens (including phenoxy) is 1. The Balaban J connectivity index is 1.74. The lowest BCUT2D eigenvalue weighted by atomic mass is 9.92. The molecule has 1 unspecified atom stereocenters. The van der Waals surface area contributed by atoms with Crippen LogP contribution in [-0.2, 0) is 9.53 Å². The van der Waals surface area contributed by atoms with Gasteiger partial charge in [-0.1, -0.05) is 0 Å². The van der Waals surface area contributed by atoms with E-state index >= 15 is 0 Å². The Kier molecular flexibility index (Phi) is 2.30. The largest absolute Gasteiger partial charge is 0.381 e. The predicted molar refractivity (Wildman–Crippen MR) is 44.7 cm³/mol. The van der Waals surface area contributed by atoms with Gasteiger partial charge in [-0.05, 0) is 25.7 Å². The van der Waals surface area contributed by atoms with Crippen molar-refractivity contribution in [3.63, 3.8) is 0 Å². The average Bonchev–Trinajstić information content (AvgIpc) is 2.47. The molecule has 68 valence electrons. The van der Waals surface area contributed by atoms with E-state index in [1.54, 1.807) is 0 Å². The molecular weight excluding hydrogens is 154 g/mol. The normalized spacial score (nSPS) is 29.8. The smallest absolute Gasteiger partial charge is 0.225 e. The number of carbonyl (C=O) groups excluding carboxylic acids is 1. The van der Waals surface area contributed by atoms with E-state index in [1.165, 1.54) is 19.3 Å². The summed E-state index contributed by atoms with van der Waals surface area (Å²) in [7, 11) is 0. The second-order valence-electron chi connectivity index (χ2n) is 3.70. The molecule has 1 aliphatic carbocycles. The minimum atomic E-state index is 0.130. The van der Waals surface area contributed by atoms with Crippen molar-refractivity contribution in [2.45, 2.75) is 31.7 Å². The molecule has 1 N–H and O–H groups in total. The fourth-order valence-electron chi connectivity index (χ4n) is 1.61. The molecule has 1 atom stereocenters. The third-order valence-corrected chi connectivity index (χ3v) is 2.75. The van der Waals surface area contributed by atoms with Crippen LogP contribution in [0, 0.1) is 5.92 Å². The fourth-order valence-corrected chi connectivity index (χ4v) is 1.61. The summed E-state index contributed by atoms with van der Waals surface area (Å²) in [6.07, 6.45) is 4.50. The molecule has 12 heavy (non-hydrogen) atoms. The number of carbonyl (C=O) groups is 1. The van der Waals surface area contributed by atoms with Gasteiger partial charge in [0.15, 0.2) is 0 Å². The quantitative estimate of drug-likeness (QED) is 0.660. The maximum Gasteiger partial charge on any atom is 0.225 e. The summed E-state index contributed by atoms with van der Waals surface area (Å²) in [5.41, 5.74) is 0. The highest BCUT2D eigenvalue weighted by molar-refractivity contribution is 5.79. The molecule has 2 aliphatic rings. The van der Waals surface area contributed by atoms with Crippen molar-refractivity contribution in [3.05, 3.63) is 0 Å². The molecule has 3 nitrogen and oxygen atoms in total. The van der Waals surface area contributed by atoms with Crippen LogP contribution in [0.5, 0.6) is 0 Å². The van der Waals surface area contributed by atoms with E-state index in [1.807, 2.05) is 0 Å². The van der Waals surface area contributed by atoms with Crippen LogP contribution in [0.1, 0.15) is 25.7 Å². The van der Waals surface area contributed by atoms with Crippen LogP contribution in [0.15, 0.2) is 0 Å². The molecule has 0 aromatic carbocycles. The fraction of sp³-hybridized carbons (Fsp3) is 0.889. The van der Waals surface area contributed by atoms with Gasteiger partial charge in [0.25, 0.3) is 0 Å². The lowest BCUT2D eigenvalue weighted by Gasteiger charge is -2.27. The van der Waals surface area contributed by atoms with Crippen molar-refractivity contribution < 1.29 is 9.53 Å². The Labute approximate surface area is 72.5 Å². The van der Waals surface area contributed by atoms with Crippen LogP contribution in [-0.4, -0.2) is 25.2 Å². The Bertz CT molecular complexity index is 171. The SMILES string of the molecule is O=C(NC1CCC1)C1CCOC1. The zero-order valence-electron chi connectivity index (χ0n) is 7.21. The second kappa shape index (κ2) is 3.44. The van der Waals surface area contributed by atoms with E-state index in [0.29, 0.717) is 12.6 Å². The average molecular weight is 169 g/mol. The van der Waals surface area contributed by atoms with Gasteiger partial charge in [0.05, 0.1) is 12.5 Å². The Morgan fingerprint density at radius 3 is 2.67 bits per heavy atom. The molecule has 1 amide bonds. The molecule has 0 aromatic heterocycles. The lowest BCUT2D eigenvalue weighted by Crippen LogP contribution is -2.42. The maximum absolute atomic E-state index is 11.5. The molecule has 1 saturated carbocycles. The van der Waals surface area contributed by atoms with Crippen molar-refractivity contribution in [2.24, 2.45) is 5.92 Å². The molecule has 1 saturated heterocycles. The van der Waals surface area contributed by atoms with Gasteiger partial charge in [-0.2, -0.15) is 0 Å². The number of rotatable bonds is 2. The molecular formula is C9H15NO2. The van der Waals surface area contributed by atoms with Gasteiger partial charge < -0.3 is 10.1 Å². The molecule has 0 aromatic rings. The van der Waals surface area contributed by atoms with Crippen LogP contribution < -0.4 is 5.32 Å². The van der Waals surface area contributed by atoms with Crippen LogP contribution >= 0.6 is 0 Å². The van der Waals surface area contributed by atoms with Gasteiger partial charge in [-0.3, -0.25) is 4.79 Å². The van der Waals surface area contributed by atoms with Crippen molar-refractivity contribution in [3.8, 4) is 0 Å². The second-order valence-corrected chi connectivity index (χ2v) is 3.70. The maximum atomic E-state index is 11.5. The van der Waals surface area contributed by atoms with E-state index in [0.717, 1.165) is 13.0 Å². The first-order chi connectivity index (χ1) is 5.86. The van der Waals surface area contributed by atoms with E-state index in [2.05, 4.69) is 5.32 Å². The summed E-state index contributed by atoms with van der Waals surface area (Å²) >= 11 is 0. The van der Waals surface area contributed by atoms with Crippen molar-refractivity contribution >= 4 is 5.91 Å². The van der Waals surface area contributed by atoms with E-state index in [-0.39, 0.29) is 11.8 Å². The summed E-state index contributed by atoms with van der Waals surface area (Å²) in [5.74, 6) is 0.336. The first-order valence-electron chi connectivity index (χ1n) is 4.74. The van der Waals surface area contributed by atoms with E-state index in [9.17, 15) is 4.79 Å². The van der Waals surface area contributed by atoms with E-state index in [4.69, 9.17) is 4.74 Å². The third kappa shape index (κ3) is 1.61.